The summed E-state index contributed by atoms with van der Waals surface area (Å²) in [5.74, 6) is -0.212. The van der Waals surface area contributed by atoms with Crippen LogP contribution in [0.4, 0.5) is 19.0 Å². The Bertz CT molecular complexity index is 635. The molecule has 1 aromatic carbocycles. The number of aliphatic imine (C=N–C) groups is 1. The van der Waals surface area contributed by atoms with E-state index in [1.807, 2.05) is 0 Å². The molecule has 9 heteroatoms. The molecule has 6 nitrogen and oxygen atoms in total. The number of hydrogen-bond acceptors (Lipinski definition) is 5. The van der Waals surface area contributed by atoms with E-state index >= 15 is 0 Å². The van der Waals surface area contributed by atoms with Crippen molar-refractivity contribution in [3.63, 3.8) is 0 Å². The third kappa shape index (κ3) is 2.87. The average Bonchev–Trinajstić information content (AvgIpc) is 2.81. The van der Waals surface area contributed by atoms with Crippen molar-refractivity contribution in [1.29, 1.82) is 0 Å². The number of hydrogen-bond donors (Lipinski definition) is 2. The largest absolute Gasteiger partial charge is 0.416 e. The average molecular weight is 285 g/mol. The monoisotopic (exact) mass is 285 g/mol. The minimum Gasteiger partial charge on any atom is -0.382 e. The van der Waals surface area contributed by atoms with Crippen LogP contribution in [0.5, 0.6) is 0 Å². The fraction of sp³-hybridized carbons (Fsp3) is 0.182. The topological polar surface area (TPSA) is 103 Å². The molecule has 2 aromatic rings. The number of anilines is 1. The van der Waals surface area contributed by atoms with Crippen LogP contribution in [0.3, 0.4) is 0 Å². The lowest BCUT2D eigenvalue weighted by Crippen LogP contribution is -2.16. The molecule has 0 amide bonds. The first-order chi connectivity index (χ1) is 9.39. The van der Waals surface area contributed by atoms with Crippen molar-refractivity contribution < 1.29 is 17.8 Å². The molecule has 0 atom stereocenters. The molecule has 0 saturated heterocycles. The van der Waals surface area contributed by atoms with Gasteiger partial charge in [-0.1, -0.05) is 18.2 Å². The van der Waals surface area contributed by atoms with E-state index in [4.69, 9.17) is 11.5 Å². The molecule has 0 radical (unpaired) electrons. The van der Waals surface area contributed by atoms with E-state index in [1.54, 1.807) is 0 Å². The van der Waals surface area contributed by atoms with Crippen LogP contribution in [-0.2, 0) is 12.7 Å². The number of rotatable bonds is 3. The summed E-state index contributed by atoms with van der Waals surface area (Å²) in [4.78, 5) is 3.82. The quantitative estimate of drug-likeness (QED) is 0.658. The number of nitrogen functional groups attached to an aromatic ring is 1. The van der Waals surface area contributed by atoms with E-state index < -0.39 is 11.7 Å². The van der Waals surface area contributed by atoms with Crippen molar-refractivity contribution in [1.82, 2.24) is 10.3 Å². The molecule has 0 aliphatic carbocycles. The zero-order valence-corrected chi connectivity index (χ0v) is 10.1. The van der Waals surface area contributed by atoms with Gasteiger partial charge in [0, 0.05) is 0 Å². The number of alkyl halides is 3. The summed E-state index contributed by atoms with van der Waals surface area (Å²) < 4.78 is 42.7. The number of benzene rings is 1. The van der Waals surface area contributed by atoms with Gasteiger partial charge in [0.15, 0.2) is 17.3 Å². The van der Waals surface area contributed by atoms with E-state index in [9.17, 15) is 13.2 Å². The van der Waals surface area contributed by atoms with Crippen molar-refractivity contribution >= 4 is 11.7 Å². The predicted octanol–water partition coefficient (Wildman–Crippen LogP) is 1.58. The SMILES string of the molecule is NC(=NCc1ccccc1C(F)(F)F)c1nonc1N. The summed E-state index contributed by atoms with van der Waals surface area (Å²) in [6.07, 6.45) is -4.45. The molecule has 0 saturated carbocycles. The summed E-state index contributed by atoms with van der Waals surface area (Å²) in [7, 11) is 0. The van der Waals surface area contributed by atoms with Crippen LogP contribution in [-0.4, -0.2) is 16.1 Å². The fourth-order valence-corrected chi connectivity index (χ4v) is 1.55. The molecule has 2 rings (SSSR count). The molecular weight excluding hydrogens is 275 g/mol. The maximum Gasteiger partial charge on any atom is 0.416 e. The summed E-state index contributed by atoms with van der Waals surface area (Å²) >= 11 is 0. The zero-order chi connectivity index (χ0) is 14.8. The van der Waals surface area contributed by atoms with Gasteiger partial charge in [0.25, 0.3) is 0 Å². The van der Waals surface area contributed by atoms with E-state index in [0.29, 0.717) is 0 Å². The van der Waals surface area contributed by atoms with Gasteiger partial charge in [-0.2, -0.15) is 13.2 Å². The first-order valence-corrected chi connectivity index (χ1v) is 5.43. The Morgan fingerprint density at radius 3 is 2.55 bits per heavy atom. The normalized spacial score (nSPS) is 12.7. The molecule has 1 heterocycles. The Labute approximate surface area is 111 Å². The van der Waals surface area contributed by atoms with Crippen LogP contribution in [0.2, 0.25) is 0 Å². The van der Waals surface area contributed by atoms with Crippen molar-refractivity contribution in [3.05, 3.63) is 41.1 Å². The lowest BCUT2D eigenvalue weighted by atomic mass is 10.1. The summed E-state index contributed by atoms with van der Waals surface area (Å²) in [5.41, 5.74) is 10.2. The van der Waals surface area contributed by atoms with Crippen LogP contribution in [0, 0.1) is 0 Å². The van der Waals surface area contributed by atoms with Crippen molar-refractivity contribution in [2.24, 2.45) is 10.7 Å². The number of halogens is 3. The van der Waals surface area contributed by atoms with Gasteiger partial charge >= 0.3 is 6.18 Å². The van der Waals surface area contributed by atoms with Crippen LogP contribution in [0.1, 0.15) is 16.8 Å². The highest BCUT2D eigenvalue weighted by Gasteiger charge is 2.32. The second-order valence-corrected chi connectivity index (χ2v) is 3.85. The lowest BCUT2D eigenvalue weighted by Gasteiger charge is -2.10. The first-order valence-electron chi connectivity index (χ1n) is 5.43. The van der Waals surface area contributed by atoms with Gasteiger partial charge in [-0.15, -0.1) is 0 Å². The number of nitrogens with zero attached hydrogens (tertiary/aromatic N) is 3. The molecule has 20 heavy (non-hydrogen) atoms. The summed E-state index contributed by atoms with van der Waals surface area (Å²) in [6.45, 7) is -0.256. The van der Waals surface area contributed by atoms with E-state index in [1.165, 1.54) is 18.2 Å². The Morgan fingerprint density at radius 2 is 1.95 bits per heavy atom. The lowest BCUT2D eigenvalue weighted by molar-refractivity contribution is -0.138. The third-order valence-electron chi connectivity index (χ3n) is 2.50. The van der Waals surface area contributed by atoms with Crippen molar-refractivity contribution in [2.75, 3.05) is 5.73 Å². The van der Waals surface area contributed by atoms with Crippen LogP contribution in [0.25, 0.3) is 0 Å². The standard InChI is InChI=1S/C11H10F3N5O/c12-11(13,14)7-4-2-1-3-6(7)5-17-9(15)8-10(16)19-20-18-8/h1-4H,5H2,(H2,15,17)(H2,16,19). The second-order valence-electron chi connectivity index (χ2n) is 3.85. The molecule has 4 N–H and O–H groups in total. The van der Waals surface area contributed by atoms with Crippen molar-refractivity contribution in [2.45, 2.75) is 12.7 Å². The molecule has 0 fully saturated rings. The fourth-order valence-electron chi connectivity index (χ4n) is 1.55. The molecular formula is C11H10F3N5O. The number of amidine groups is 1. The molecule has 0 aliphatic rings. The smallest absolute Gasteiger partial charge is 0.382 e. The molecule has 0 aliphatic heterocycles. The Morgan fingerprint density at radius 1 is 1.25 bits per heavy atom. The molecule has 0 spiro atoms. The molecule has 0 unspecified atom stereocenters. The highest BCUT2D eigenvalue weighted by atomic mass is 19.4. The Kier molecular flexibility index (Phi) is 3.59. The van der Waals surface area contributed by atoms with E-state index in [0.717, 1.165) is 6.07 Å². The maximum absolute atomic E-state index is 12.8. The maximum atomic E-state index is 12.8. The molecule has 0 bridgehead atoms. The van der Waals surface area contributed by atoms with Gasteiger partial charge in [-0.25, -0.2) is 4.63 Å². The minimum atomic E-state index is -4.45. The molecule has 106 valence electrons. The number of aromatic nitrogens is 2. The van der Waals surface area contributed by atoms with Gasteiger partial charge in [-0.05, 0) is 21.9 Å². The van der Waals surface area contributed by atoms with Gasteiger partial charge in [0.05, 0.1) is 12.1 Å². The second kappa shape index (κ2) is 5.19. The van der Waals surface area contributed by atoms with Crippen molar-refractivity contribution in [3.8, 4) is 0 Å². The molecule has 1 aromatic heterocycles. The minimum absolute atomic E-state index is 0.00187. The van der Waals surface area contributed by atoms with Gasteiger partial charge < -0.3 is 11.5 Å². The van der Waals surface area contributed by atoms with Gasteiger partial charge in [0.1, 0.15) is 0 Å². The van der Waals surface area contributed by atoms with Crippen LogP contribution in [0.15, 0.2) is 33.9 Å². The third-order valence-corrected chi connectivity index (χ3v) is 2.50. The highest BCUT2D eigenvalue weighted by Crippen LogP contribution is 2.32. The van der Waals surface area contributed by atoms with Gasteiger partial charge in [-0.3, -0.25) is 4.99 Å². The van der Waals surface area contributed by atoms with E-state index in [2.05, 4.69) is 19.9 Å². The zero-order valence-electron chi connectivity index (χ0n) is 10.1. The van der Waals surface area contributed by atoms with Crippen LogP contribution < -0.4 is 11.5 Å². The Balaban J connectivity index is 2.26. The summed E-state index contributed by atoms with van der Waals surface area (Å²) in [5, 5.41) is 6.71. The predicted molar refractivity (Wildman–Crippen MR) is 64.6 cm³/mol. The highest BCUT2D eigenvalue weighted by molar-refractivity contribution is 5.99. The first kappa shape index (κ1) is 13.8. The summed E-state index contributed by atoms with van der Waals surface area (Å²) in [6, 6.07) is 5.10. The number of nitrogens with two attached hydrogens (primary N) is 2. The Hall–Kier alpha value is -2.58. The van der Waals surface area contributed by atoms with Crippen LogP contribution >= 0.6 is 0 Å². The van der Waals surface area contributed by atoms with E-state index in [-0.39, 0.29) is 29.5 Å². The van der Waals surface area contributed by atoms with Gasteiger partial charge in [0.2, 0.25) is 0 Å².